The molecule has 0 saturated heterocycles. The third-order valence-electron chi connectivity index (χ3n) is 4.92. The van der Waals surface area contributed by atoms with E-state index in [2.05, 4.69) is 0 Å². The van der Waals surface area contributed by atoms with Crippen molar-refractivity contribution in [3.63, 3.8) is 0 Å². The number of nitrogens with zero attached hydrogens (tertiary/aromatic N) is 1. The molecule has 0 radical (unpaired) electrons. The van der Waals surface area contributed by atoms with Crippen molar-refractivity contribution in [2.75, 3.05) is 26.4 Å². The van der Waals surface area contributed by atoms with Crippen LogP contribution in [-0.2, 0) is 28.6 Å². The van der Waals surface area contributed by atoms with Crippen molar-refractivity contribution in [1.29, 1.82) is 0 Å². The highest BCUT2D eigenvalue weighted by atomic mass is 32.2. The van der Waals surface area contributed by atoms with Crippen LogP contribution in [0.2, 0.25) is 0 Å². The average molecular weight is 552 g/mol. The Hall–Kier alpha value is -3.52. The summed E-state index contributed by atoms with van der Waals surface area (Å²) in [5.41, 5.74) is 1.50. The van der Waals surface area contributed by atoms with Gasteiger partial charge in [-0.15, -0.1) is 0 Å². The monoisotopic (exact) mass is 551 g/mol. The topological polar surface area (TPSA) is 148 Å². The maximum Gasteiger partial charge on any atom is 0.297 e. The Morgan fingerprint density at radius 2 is 1.08 bits per heavy atom. The molecular formula is C24H25NO10S2. The Kier molecular flexibility index (Phi) is 9.21. The third kappa shape index (κ3) is 7.98. The summed E-state index contributed by atoms with van der Waals surface area (Å²) in [5.74, 6) is 0.0234. The Bertz CT molecular complexity index is 1440. The largest absolute Gasteiger partial charge is 0.487 e. The van der Waals surface area contributed by atoms with Crippen molar-refractivity contribution in [2.45, 2.75) is 23.6 Å². The number of benzene rings is 3. The normalized spacial score (nSPS) is 11.7. The zero-order chi connectivity index (χ0) is 27.1. The molecule has 13 heteroatoms. The number of nitro groups is 1. The van der Waals surface area contributed by atoms with E-state index in [0.717, 1.165) is 17.2 Å². The quantitative estimate of drug-likeness (QED) is 0.133. The second-order valence-electron chi connectivity index (χ2n) is 7.76. The van der Waals surface area contributed by atoms with E-state index >= 15 is 0 Å². The molecule has 3 aromatic rings. The smallest absolute Gasteiger partial charge is 0.297 e. The maximum absolute atomic E-state index is 12.3. The van der Waals surface area contributed by atoms with Crippen molar-refractivity contribution in [3.8, 4) is 11.5 Å². The van der Waals surface area contributed by atoms with Crippen molar-refractivity contribution in [3.05, 3.63) is 88.0 Å². The molecule has 0 aliphatic carbocycles. The highest BCUT2D eigenvalue weighted by molar-refractivity contribution is 7.87. The number of aryl methyl sites for hydroxylation is 2. The molecule has 0 unspecified atom stereocenters. The van der Waals surface area contributed by atoms with Gasteiger partial charge in [-0.25, -0.2) is 0 Å². The summed E-state index contributed by atoms with van der Waals surface area (Å²) in [5, 5.41) is 11.2. The van der Waals surface area contributed by atoms with E-state index in [1.807, 2.05) is 13.8 Å². The van der Waals surface area contributed by atoms with Crippen LogP contribution in [-0.4, -0.2) is 48.2 Å². The molecule has 0 heterocycles. The number of ether oxygens (including phenoxy) is 2. The molecule has 37 heavy (non-hydrogen) atoms. The van der Waals surface area contributed by atoms with E-state index in [1.165, 1.54) is 36.4 Å². The lowest BCUT2D eigenvalue weighted by Crippen LogP contribution is -2.15. The van der Waals surface area contributed by atoms with E-state index < -0.39 is 25.2 Å². The highest BCUT2D eigenvalue weighted by Crippen LogP contribution is 2.31. The van der Waals surface area contributed by atoms with E-state index in [1.54, 1.807) is 24.3 Å². The van der Waals surface area contributed by atoms with Crippen LogP contribution >= 0.6 is 0 Å². The summed E-state index contributed by atoms with van der Waals surface area (Å²) in [4.78, 5) is 10.5. The Morgan fingerprint density at radius 3 is 1.51 bits per heavy atom. The molecule has 0 bridgehead atoms. The fourth-order valence-corrected chi connectivity index (χ4v) is 4.76. The second-order valence-corrected chi connectivity index (χ2v) is 11.0. The van der Waals surface area contributed by atoms with Gasteiger partial charge in [0.25, 0.3) is 25.9 Å². The SMILES string of the molecule is Cc1ccc(S(=O)(=O)OCCOc2ccc([N+](=O)[O-])cc2OCCOS(=O)(=O)c2ccc(C)cc2)cc1. The Balaban J connectivity index is 1.58. The Morgan fingerprint density at radius 1 is 0.649 bits per heavy atom. The van der Waals surface area contributed by atoms with Crippen LogP contribution in [0.4, 0.5) is 5.69 Å². The fraction of sp³-hybridized carbons (Fsp3) is 0.250. The maximum atomic E-state index is 12.3. The molecule has 0 fully saturated rings. The summed E-state index contributed by atoms with van der Waals surface area (Å²) in [6.45, 7) is 2.47. The van der Waals surface area contributed by atoms with Crippen LogP contribution in [0.3, 0.4) is 0 Å². The molecule has 0 amide bonds. The van der Waals surface area contributed by atoms with Gasteiger partial charge in [-0.05, 0) is 44.2 Å². The lowest BCUT2D eigenvalue weighted by molar-refractivity contribution is -0.385. The van der Waals surface area contributed by atoms with Crippen molar-refractivity contribution in [1.82, 2.24) is 0 Å². The number of rotatable bonds is 13. The zero-order valence-electron chi connectivity index (χ0n) is 20.0. The van der Waals surface area contributed by atoms with Crippen molar-refractivity contribution in [2.24, 2.45) is 0 Å². The lowest BCUT2D eigenvalue weighted by Gasteiger charge is -2.13. The fourth-order valence-electron chi connectivity index (χ4n) is 2.98. The summed E-state index contributed by atoms with van der Waals surface area (Å²) in [6, 6.07) is 15.8. The molecule has 0 aliphatic heterocycles. The van der Waals surface area contributed by atoms with E-state index in [9.17, 15) is 26.9 Å². The van der Waals surface area contributed by atoms with E-state index in [0.29, 0.717) is 0 Å². The first kappa shape index (κ1) is 28.1. The van der Waals surface area contributed by atoms with Gasteiger partial charge in [0.2, 0.25) is 0 Å². The van der Waals surface area contributed by atoms with Crippen LogP contribution in [0.5, 0.6) is 11.5 Å². The number of hydrogen-bond acceptors (Lipinski definition) is 10. The first-order chi connectivity index (χ1) is 17.5. The molecule has 0 atom stereocenters. The first-order valence-electron chi connectivity index (χ1n) is 10.9. The van der Waals surface area contributed by atoms with Gasteiger partial charge in [0.15, 0.2) is 11.5 Å². The first-order valence-corrected chi connectivity index (χ1v) is 13.8. The van der Waals surface area contributed by atoms with Crippen molar-refractivity contribution >= 4 is 25.9 Å². The van der Waals surface area contributed by atoms with Crippen molar-refractivity contribution < 1.29 is 39.6 Å². The summed E-state index contributed by atoms with van der Waals surface area (Å²) < 4.78 is 70.0. The minimum Gasteiger partial charge on any atom is -0.487 e. The molecular weight excluding hydrogens is 526 g/mol. The van der Waals surface area contributed by atoms with Gasteiger partial charge in [-0.2, -0.15) is 16.8 Å². The minimum absolute atomic E-state index is 0.00181. The van der Waals surface area contributed by atoms with Crippen LogP contribution < -0.4 is 9.47 Å². The molecule has 0 N–H and O–H groups in total. The van der Waals surface area contributed by atoms with Gasteiger partial charge in [-0.1, -0.05) is 35.4 Å². The molecule has 3 rings (SSSR count). The van der Waals surface area contributed by atoms with Crippen LogP contribution in [0, 0.1) is 24.0 Å². The number of hydrogen-bond donors (Lipinski definition) is 0. The third-order valence-corrected chi connectivity index (χ3v) is 7.57. The predicted molar refractivity (Wildman–Crippen MR) is 133 cm³/mol. The second kappa shape index (κ2) is 12.1. The highest BCUT2D eigenvalue weighted by Gasteiger charge is 2.18. The lowest BCUT2D eigenvalue weighted by atomic mass is 10.2. The van der Waals surface area contributed by atoms with Crippen LogP contribution in [0.1, 0.15) is 11.1 Å². The predicted octanol–water partition coefficient (Wildman–Crippen LogP) is 3.78. The standard InChI is InChI=1S/C24H25NO10S2/c1-18-3-8-21(9-4-18)36(28,29)34-15-13-32-23-12-7-20(25(26)27)17-24(23)33-14-16-35-37(30,31)22-10-5-19(2)6-11-22/h3-12,17H,13-16H2,1-2H3. The molecule has 0 aromatic heterocycles. The van der Waals surface area contributed by atoms with Gasteiger partial charge in [0.1, 0.15) is 26.4 Å². The molecule has 3 aromatic carbocycles. The van der Waals surface area contributed by atoms with Gasteiger partial charge in [0, 0.05) is 6.07 Å². The van der Waals surface area contributed by atoms with Crippen LogP contribution in [0.15, 0.2) is 76.5 Å². The zero-order valence-corrected chi connectivity index (χ0v) is 21.7. The molecule has 0 spiro atoms. The average Bonchev–Trinajstić information content (AvgIpc) is 2.85. The number of non-ortho nitro benzene ring substituents is 1. The molecule has 0 aliphatic rings. The Labute approximate surface area is 215 Å². The summed E-state index contributed by atoms with van der Waals surface area (Å²) in [6.07, 6.45) is 0. The number of nitro benzene ring substituents is 1. The summed E-state index contributed by atoms with van der Waals surface area (Å²) >= 11 is 0. The summed E-state index contributed by atoms with van der Waals surface area (Å²) in [7, 11) is -8.00. The van der Waals surface area contributed by atoms with Gasteiger partial charge in [-0.3, -0.25) is 18.5 Å². The van der Waals surface area contributed by atoms with Gasteiger partial charge < -0.3 is 9.47 Å². The molecule has 198 valence electrons. The minimum atomic E-state index is -4.01. The molecule has 0 saturated carbocycles. The van der Waals surface area contributed by atoms with Crippen LogP contribution in [0.25, 0.3) is 0 Å². The van der Waals surface area contributed by atoms with E-state index in [-0.39, 0.29) is 53.4 Å². The van der Waals surface area contributed by atoms with Gasteiger partial charge >= 0.3 is 0 Å². The van der Waals surface area contributed by atoms with E-state index in [4.69, 9.17) is 17.8 Å². The van der Waals surface area contributed by atoms with Gasteiger partial charge in [0.05, 0.1) is 20.8 Å². The molecule has 11 nitrogen and oxygen atoms in total.